The summed E-state index contributed by atoms with van der Waals surface area (Å²) < 4.78 is 52.6. The van der Waals surface area contributed by atoms with Crippen molar-refractivity contribution in [1.29, 1.82) is 0 Å². The van der Waals surface area contributed by atoms with Gasteiger partial charge in [-0.3, -0.25) is 4.79 Å². The van der Waals surface area contributed by atoms with Crippen molar-refractivity contribution in [2.75, 3.05) is 13.1 Å². The standard InChI is InChI=1S/C19H18F4N2O.ClH/c20-14-6-7-16(12-3-1-4-13(9-12)19(21,22)23)17(10-14)18(26)25-15-5-2-8-24-11-15;/h1,3-4,6-7,9-10,15,24H,2,5,8,11H2,(H,25,26);1H/t15-;/m0./s1. The Hall–Kier alpha value is -2.12. The zero-order valence-electron chi connectivity index (χ0n) is 14.3. The van der Waals surface area contributed by atoms with Crippen molar-refractivity contribution in [1.82, 2.24) is 10.6 Å². The average molecular weight is 403 g/mol. The fourth-order valence-corrected chi connectivity index (χ4v) is 3.06. The second-order valence-electron chi connectivity index (χ2n) is 6.29. The van der Waals surface area contributed by atoms with Crippen LogP contribution in [0, 0.1) is 5.82 Å². The Kier molecular flexibility index (Phi) is 6.84. The molecule has 8 heteroatoms. The minimum atomic E-state index is -4.49. The Morgan fingerprint density at radius 3 is 2.59 bits per heavy atom. The number of benzene rings is 2. The number of hydrogen-bond donors (Lipinski definition) is 2. The summed E-state index contributed by atoms with van der Waals surface area (Å²) in [4.78, 5) is 12.6. The maximum Gasteiger partial charge on any atom is 0.416 e. The van der Waals surface area contributed by atoms with E-state index in [0.29, 0.717) is 6.54 Å². The molecule has 0 unspecified atom stereocenters. The molecule has 0 spiro atoms. The molecule has 0 radical (unpaired) electrons. The number of amides is 1. The minimum absolute atomic E-state index is 0. The quantitative estimate of drug-likeness (QED) is 0.746. The molecular weight excluding hydrogens is 384 g/mol. The molecule has 0 saturated carbocycles. The highest BCUT2D eigenvalue weighted by Crippen LogP contribution is 2.33. The van der Waals surface area contributed by atoms with Gasteiger partial charge >= 0.3 is 6.18 Å². The van der Waals surface area contributed by atoms with Gasteiger partial charge in [0.25, 0.3) is 5.91 Å². The third-order valence-electron chi connectivity index (χ3n) is 4.36. The highest BCUT2D eigenvalue weighted by molar-refractivity contribution is 6.01. The van der Waals surface area contributed by atoms with E-state index in [9.17, 15) is 22.4 Å². The summed E-state index contributed by atoms with van der Waals surface area (Å²) in [6.45, 7) is 1.49. The summed E-state index contributed by atoms with van der Waals surface area (Å²) in [6, 6.07) is 8.10. The SMILES string of the molecule is Cl.O=C(N[C@H]1CCCNC1)c1cc(F)ccc1-c1cccc(C(F)(F)F)c1. The lowest BCUT2D eigenvalue weighted by molar-refractivity contribution is -0.137. The van der Waals surface area contributed by atoms with Gasteiger partial charge in [0.2, 0.25) is 0 Å². The van der Waals surface area contributed by atoms with Crippen LogP contribution in [0.25, 0.3) is 11.1 Å². The van der Waals surface area contributed by atoms with Gasteiger partial charge in [0.1, 0.15) is 5.82 Å². The summed E-state index contributed by atoms with van der Waals surface area (Å²) in [5, 5.41) is 5.99. The fourth-order valence-electron chi connectivity index (χ4n) is 3.06. The van der Waals surface area contributed by atoms with E-state index in [2.05, 4.69) is 10.6 Å². The van der Waals surface area contributed by atoms with Crippen LogP contribution in [0.1, 0.15) is 28.8 Å². The molecule has 1 amide bonds. The molecule has 27 heavy (non-hydrogen) atoms. The predicted octanol–water partition coefficient (Wildman–Crippen LogP) is 4.42. The maximum atomic E-state index is 13.7. The molecule has 1 aliphatic heterocycles. The zero-order chi connectivity index (χ0) is 18.7. The molecule has 1 aliphatic rings. The molecule has 146 valence electrons. The van der Waals surface area contributed by atoms with Gasteiger partial charge in [0.05, 0.1) is 11.1 Å². The number of carbonyl (C=O) groups is 1. The van der Waals surface area contributed by atoms with Crippen LogP contribution in [0.2, 0.25) is 0 Å². The van der Waals surface area contributed by atoms with Crippen LogP contribution >= 0.6 is 12.4 Å². The number of hydrogen-bond acceptors (Lipinski definition) is 2. The van der Waals surface area contributed by atoms with Gasteiger partial charge in [0.15, 0.2) is 0 Å². The van der Waals surface area contributed by atoms with E-state index in [0.717, 1.165) is 43.7 Å². The highest BCUT2D eigenvalue weighted by Gasteiger charge is 2.30. The molecule has 2 aromatic rings. The van der Waals surface area contributed by atoms with Crippen LogP contribution in [0.3, 0.4) is 0 Å². The lowest BCUT2D eigenvalue weighted by Crippen LogP contribution is -2.45. The molecule has 1 fully saturated rings. The minimum Gasteiger partial charge on any atom is -0.348 e. The molecular formula is C19H19ClF4N2O. The van der Waals surface area contributed by atoms with Crippen LogP contribution in [0.15, 0.2) is 42.5 Å². The van der Waals surface area contributed by atoms with Crippen molar-refractivity contribution in [3.05, 3.63) is 59.4 Å². The van der Waals surface area contributed by atoms with Crippen LogP contribution in [0.5, 0.6) is 0 Å². The molecule has 2 aromatic carbocycles. The third kappa shape index (κ3) is 5.20. The van der Waals surface area contributed by atoms with Gasteiger partial charge < -0.3 is 10.6 Å². The molecule has 3 nitrogen and oxygen atoms in total. The number of nitrogens with one attached hydrogen (secondary N) is 2. The van der Waals surface area contributed by atoms with Gasteiger partial charge in [-0.15, -0.1) is 12.4 Å². The van der Waals surface area contributed by atoms with Crippen molar-refractivity contribution in [2.24, 2.45) is 0 Å². The van der Waals surface area contributed by atoms with Crippen molar-refractivity contribution < 1.29 is 22.4 Å². The highest BCUT2D eigenvalue weighted by atomic mass is 35.5. The third-order valence-corrected chi connectivity index (χ3v) is 4.36. The van der Waals surface area contributed by atoms with Crippen LogP contribution in [0.4, 0.5) is 17.6 Å². The van der Waals surface area contributed by atoms with Gasteiger partial charge in [-0.25, -0.2) is 4.39 Å². The van der Waals surface area contributed by atoms with Crippen molar-refractivity contribution in [3.63, 3.8) is 0 Å². The Morgan fingerprint density at radius 1 is 1.15 bits per heavy atom. The lowest BCUT2D eigenvalue weighted by Gasteiger charge is -2.24. The van der Waals surface area contributed by atoms with Gasteiger partial charge in [-0.05, 0) is 54.8 Å². The normalized spacial score (nSPS) is 17.1. The number of halogens is 5. The Balaban J connectivity index is 0.00000261. The van der Waals surface area contributed by atoms with E-state index < -0.39 is 23.5 Å². The fraction of sp³-hybridized carbons (Fsp3) is 0.316. The summed E-state index contributed by atoms with van der Waals surface area (Å²) in [6.07, 6.45) is -2.78. The van der Waals surface area contributed by atoms with E-state index in [1.54, 1.807) is 0 Å². The summed E-state index contributed by atoms with van der Waals surface area (Å²) >= 11 is 0. The zero-order valence-corrected chi connectivity index (χ0v) is 15.1. The monoisotopic (exact) mass is 402 g/mol. The second kappa shape index (κ2) is 8.71. The van der Waals surface area contributed by atoms with E-state index in [1.807, 2.05) is 0 Å². The number of carbonyl (C=O) groups excluding carboxylic acids is 1. The number of piperidine rings is 1. The van der Waals surface area contributed by atoms with Crippen LogP contribution in [-0.2, 0) is 6.18 Å². The first-order valence-corrected chi connectivity index (χ1v) is 8.33. The Bertz CT molecular complexity index is 805. The average Bonchev–Trinajstić information content (AvgIpc) is 2.62. The molecule has 2 N–H and O–H groups in total. The molecule has 0 bridgehead atoms. The molecule has 0 aliphatic carbocycles. The van der Waals surface area contributed by atoms with Crippen molar-refractivity contribution in [2.45, 2.75) is 25.1 Å². The Morgan fingerprint density at radius 2 is 1.93 bits per heavy atom. The summed E-state index contributed by atoms with van der Waals surface area (Å²) in [5.74, 6) is -1.11. The van der Waals surface area contributed by atoms with Crippen LogP contribution < -0.4 is 10.6 Å². The predicted molar refractivity (Wildman–Crippen MR) is 97.4 cm³/mol. The van der Waals surface area contributed by atoms with Gasteiger partial charge in [0, 0.05) is 12.6 Å². The van der Waals surface area contributed by atoms with Crippen molar-refractivity contribution in [3.8, 4) is 11.1 Å². The number of rotatable bonds is 3. The Labute approximate surface area is 160 Å². The van der Waals surface area contributed by atoms with E-state index >= 15 is 0 Å². The second-order valence-corrected chi connectivity index (χ2v) is 6.29. The molecule has 1 heterocycles. The van der Waals surface area contributed by atoms with E-state index in [-0.39, 0.29) is 35.1 Å². The maximum absolute atomic E-state index is 13.7. The van der Waals surface area contributed by atoms with Crippen molar-refractivity contribution >= 4 is 18.3 Å². The smallest absolute Gasteiger partial charge is 0.348 e. The van der Waals surface area contributed by atoms with Gasteiger partial charge in [-0.1, -0.05) is 18.2 Å². The van der Waals surface area contributed by atoms with E-state index in [4.69, 9.17) is 0 Å². The summed E-state index contributed by atoms with van der Waals surface area (Å²) in [5.41, 5.74) is -0.317. The largest absolute Gasteiger partial charge is 0.416 e. The first-order valence-electron chi connectivity index (χ1n) is 8.33. The first kappa shape index (κ1) is 21.2. The topological polar surface area (TPSA) is 41.1 Å². The number of alkyl halides is 3. The first-order chi connectivity index (χ1) is 12.3. The molecule has 0 aromatic heterocycles. The molecule has 3 rings (SSSR count). The molecule has 1 saturated heterocycles. The summed E-state index contributed by atoms with van der Waals surface area (Å²) in [7, 11) is 0. The molecule has 1 atom stereocenters. The van der Waals surface area contributed by atoms with Crippen LogP contribution in [-0.4, -0.2) is 25.0 Å². The van der Waals surface area contributed by atoms with Gasteiger partial charge in [-0.2, -0.15) is 13.2 Å². The van der Waals surface area contributed by atoms with E-state index in [1.165, 1.54) is 18.2 Å². The lowest BCUT2D eigenvalue weighted by atomic mass is 9.96.